The molecule has 1 aromatic heterocycles. The van der Waals surface area contributed by atoms with Crippen molar-refractivity contribution < 1.29 is 19.5 Å². The molecule has 4 N–H and O–H groups in total. The molecule has 2 amide bonds. The highest BCUT2D eigenvalue weighted by Crippen LogP contribution is 2.21. The molecule has 0 saturated carbocycles. The second kappa shape index (κ2) is 9.29. The van der Waals surface area contributed by atoms with Gasteiger partial charge in [0.25, 0.3) is 0 Å². The van der Waals surface area contributed by atoms with Crippen LogP contribution in [0.4, 0.5) is 5.69 Å². The Morgan fingerprint density at radius 1 is 1.10 bits per heavy atom. The Hall–Kier alpha value is -3.26. The van der Waals surface area contributed by atoms with Crippen LogP contribution < -0.4 is 10.6 Å². The van der Waals surface area contributed by atoms with Crippen molar-refractivity contribution in [3.05, 3.63) is 60.3 Å². The molecule has 1 atom stereocenters. The van der Waals surface area contributed by atoms with Crippen molar-refractivity contribution in [2.45, 2.75) is 24.3 Å². The number of nitrogens with one attached hydrogen (secondary N) is 3. The van der Waals surface area contributed by atoms with Crippen LogP contribution in [0.1, 0.15) is 12.5 Å². The van der Waals surface area contributed by atoms with Gasteiger partial charge in [-0.15, -0.1) is 11.8 Å². The molecule has 8 heteroatoms. The third kappa shape index (κ3) is 5.61. The Morgan fingerprint density at radius 3 is 2.52 bits per heavy atom. The summed E-state index contributed by atoms with van der Waals surface area (Å²) in [5.74, 6) is -1.49. The fourth-order valence-electron chi connectivity index (χ4n) is 2.94. The number of anilines is 1. The molecule has 0 aliphatic carbocycles. The van der Waals surface area contributed by atoms with Crippen LogP contribution in [0.5, 0.6) is 0 Å². The summed E-state index contributed by atoms with van der Waals surface area (Å²) in [5, 5.41) is 15.7. The zero-order valence-electron chi connectivity index (χ0n) is 15.8. The van der Waals surface area contributed by atoms with Crippen LogP contribution >= 0.6 is 11.8 Å². The minimum absolute atomic E-state index is 0.0944. The third-order valence-electron chi connectivity index (χ3n) is 4.28. The van der Waals surface area contributed by atoms with Gasteiger partial charge in [0.1, 0.15) is 6.04 Å². The van der Waals surface area contributed by atoms with Gasteiger partial charge in [0, 0.05) is 41.0 Å². The number of aromatic nitrogens is 1. The third-order valence-corrected chi connectivity index (χ3v) is 5.29. The number of rotatable bonds is 8. The number of aromatic amines is 1. The van der Waals surface area contributed by atoms with Crippen LogP contribution in [-0.4, -0.2) is 39.7 Å². The lowest BCUT2D eigenvalue weighted by atomic mass is 10.1. The zero-order chi connectivity index (χ0) is 20.8. The van der Waals surface area contributed by atoms with Crippen molar-refractivity contribution in [3.63, 3.8) is 0 Å². The van der Waals surface area contributed by atoms with Gasteiger partial charge in [-0.3, -0.25) is 9.59 Å². The van der Waals surface area contributed by atoms with E-state index in [0.29, 0.717) is 5.69 Å². The average molecular weight is 411 g/mol. The van der Waals surface area contributed by atoms with E-state index in [-0.39, 0.29) is 24.0 Å². The van der Waals surface area contributed by atoms with E-state index in [1.807, 2.05) is 24.3 Å². The molecule has 0 bridgehead atoms. The molecule has 0 fully saturated rings. The van der Waals surface area contributed by atoms with Crippen LogP contribution in [0, 0.1) is 0 Å². The fourth-order valence-corrected chi connectivity index (χ4v) is 3.65. The van der Waals surface area contributed by atoms with Gasteiger partial charge in [-0.05, 0) is 35.9 Å². The van der Waals surface area contributed by atoms with Gasteiger partial charge in [0.2, 0.25) is 11.8 Å². The zero-order valence-corrected chi connectivity index (χ0v) is 16.6. The summed E-state index contributed by atoms with van der Waals surface area (Å²) in [6, 6.07) is 13.7. The summed E-state index contributed by atoms with van der Waals surface area (Å²) >= 11 is 1.30. The van der Waals surface area contributed by atoms with Gasteiger partial charge in [-0.25, -0.2) is 4.79 Å². The summed E-state index contributed by atoms with van der Waals surface area (Å²) in [7, 11) is 0. The molecular weight excluding hydrogens is 390 g/mol. The van der Waals surface area contributed by atoms with E-state index >= 15 is 0 Å². The molecule has 0 radical (unpaired) electrons. The molecule has 1 heterocycles. The molecule has 150 valence electrons. The maximum atomic E-state index is 12.3. The number of amides is 2. The molecule has 0 unspecified atom stereocenters. The largest absolute Gasteiger partial charge is 0.480 e. The number of carboxylic acid groups (broad SMARTS) is 1. The van der Waals surface area contributed by atoms with Crippen molar-refractivity contribution in [2.75, 3.05) is 11.1 Å². The number of hydrogen-bond donors (Lipinski definition) is 4. The van der Waals surface area contributed by atoms with Crippen LogP contribution in [0.15, 0.2) is 59.6 Å². The predicted octanol–water partition coefficient (Wildman–Crippen LogP) is 3.03. The number of fused-ring (bicyclic) bond motifs is 1. The maximum Gasteiger partial charge on any atom is 0.326 e. The number of carbonyl (C=O) groups excluding carboxylic acids is 2. The fraction of sp³-hybridized carbons (Fsp3) is 0.190. The molecular formula is C21H21N3O4S. The van der Waals surface area contributed by atoms with E-state index in [4.69, 9.17) is 0 Å². The SMILES string of the molecule is CC(=O)Nc1ccc(SCC(=O)N[C@H](Cc2c[nH]c3ccccc23)C(=O)O)cc1. The number of para-hydroxylation sites is 1. The lowest BCUT2D eigenvalue weighted by Gasteiger charge is -2.14. The number of carbonyl (C=O) groups is 3. The van der Waals surface area contributed by atoms with Crippen molar-refractivity contribution in [3.8, 4) is 0 Å². The number of aliphatic carboxylic acids is 1. The smallest absolute Gasteiger partial charge is 0.326 e. The highest BCUT2D eigenvalue weighted by Gasteiger charge is 2.21. The van der Waals surface area contributed by atoms with Gasteiger partial charge >= 0.3 is 5.97 Å². The predicted molar refractivity (Wildman–Crippen MR) is 113 cm³/mol. The highest BCUT2D eigenvalue weighted by atomic mass is 32.2. The Labute approximate surface area is 171 Å². The summed E-state index contributed by atoms with van der Waals surface area (Å²) in [4.78, 5) is 38.9. The Balaban J connectivity index is 1.57. The summed E-state index contributed by atoms with van der Waals surface area (Å²) < 4.78 is 0. The minimum atomic E-state index is -1.08. The molecule has 3 rings (SSSR count). The normalized spacial score (nSPS) is 11.8. The van der Waals surface area contributed by atoms with E-state index in [2.05, 4.69) is 15.6 Å². The molecule has 0 aliphatic rings. The summed E-state index contributed by atoms with van der Waals surface area (Å²) in [6.45, 7) is 1.43. The summed E-state index contributed by atoms with van der Waals surface area (Å²) in [5.41, 5.74) is 2.45. The van der Waals surface area contributed by atoms with Gasteiger partial charge in [0.05, 0.1) is 5.75 Å². The van der Waals surface area contributed by atoms with Crippen molar-refractivity contribution in [1.29, 1.82) is 0 Å². The van der Waals surface area contributed by atoms with E-state index in [1.165, 1.54) is 18.7 Å². The first kappa shape index (κ1) is 20.5. The lowest BCUT2D eigenvalue weighted by Crippen LogP contribution is -2.43. The number of carboxylic acids is 1. The number of hydrogen-bond acceptors (Lipinski definition) is 4. The minimum Gasteiger partial charge on any atom is -0.480 e. The number of thioether (sulfide) groups is 1. The molecule has 2 aromatic carbocycles. The first-order valence-electron chi connectivity index (χ1n) is 9.00. The van der Waals surface area contributed by atoms with Crippen molar-refractivity contribution in [1.82, 2.24) is 10.3 Å². The lowest BCUT2D eigenvalue weighted by molar-refractivity contribution is -0.141. The number of H-pyrrole nitrogens is 1. The van der Waals surface area contributed by atoms with Gasteiger partial charge in [-0.2, -0.15) is 0 Å². The molecule has 0 saturated heterocycles. The molecule has 7 nitrogen and oxygen atoms in total. The van der Waals surface area contributed by atoms with E-state index < -0.39 is 12.0 Å². The highest BCUT2D eigenvalue weighted by molar-refractivity contribution is 8.00. The maximum absolute atomic E-state index is 12.3. The van der Waals surface area contributed by atoms with Crippen molar-refractivity contribution in [2.24, 2.45) is 0 Å². The molecule has 0 spiro atoms. The second-order valence-corrected chi connectivity index (χ2v) is 7.56. The summed E-state index contributed by atoms with van der Waals surface area (Å²) in [6.07, 6.45) is 1.97. The van der Waals surface area contributed by atoms with Crippen LogP contribution in [0.25, 0.3) is 10.9 Å². The van der Waals surface area contributed by atoms with Crippen LogP contribution in [0.2, 0.25) is 0 Å². The first-order valence-corrected chi connectivity index (χ1v) is 9.98. The Kier molecular flexibility index (Phi) is 6.56. The number of benzene rings is 2. The first-order chi connectivity index (χ1) is 13.9. The standard InChI is InChI=1S/C21H21N3O4S/c1-13(25)23-15-6-8-16(9-7-15)29-12-20(26)24-19(21(27)28)10-14-11-22-18-5-3-2-4-17(14)18/h2-9,11,19,22H,10,12H2,1H3,(H,23,25)(H,24,26)(H,27,28)/t19-/m1/s1. The molecule has 29 heavy (non-hydrogen) atoms. The van der Waals surface area contributed by atoms with Crippen LogP contribution in [0.3, 0.4) is 0 Å². The van der Waals surface area contributed by atoms with E-state index in [1.54, 1.807) is 30.5 Å². The van der Waals surface area contributed by atoms with Gasteiger partial charge in [-0.1, -0.05) is 18.2 Å². The average Bonchev–Trinajstić information content (AvgIpc) is 3.09. The topological polar surface area (TPSA) is 111 Å². The Bertz CT molecular complexity index is 1030. The van der Waals surface area contributed by atoms with Crippen LogP contribution in [-0.2, 0) is 20.8 Å². The van der Waals surface area contributed by atoms with Gasteiger partial charge in [0.15, 0.2) is 0 Å². The quantitative estimate of drug-likeness (QED) is 0.426. The molecule has 0 aliphatic heterocycles. The molecule has 3 aromatic rings. The second-order valence-electron chi connectivity index (χ2n) is 6.52. The van der Waals surface area contributed by atoms with E-state index in [9.17, 15) is 19.5 Å². The Morgan fingerprint density at radius 2 is 1.83 bits per heavy atom. The van der Waals surface area contributed by atoms with Gasteiger partial charge < -0.3 is 20.7 Å². The monoisotopic (exact) mass is 411 g/mol. The van der Waals surface area contributed by atoms with E-state index in [0.717, 1.165) is 21.4 Å². The van der Waals surface area contributed by atoms with Crippen molar-refractivity contribution >= 4 is 46.1 Å².